The van der Waals surface area contributed by atoms with Crippen LogP contribution in [0.3, 0.4) is 0 Å². The first kappa shape index (κ1) is 17.9. The van der Waals surface area contributed by atoms with Gasteiger partial charge in [-0.15, -0.1) is 0 Å². The Morgan fingerprint density at radius 1 is 1.33 bits per heavy atom. The Hall–Kier alpha value is -1.18. The molecule has 0 radical (unpaired) electrons. The Bertz CT molecular complexity index is 457. The fourth-order valence-corrected chi connectivity index (χ4v) is 2.02. The third kappa shape index (κ3) is 8.64. The van der Waals surface area contributed by atoms with E-state index in [2.05, 4.69) is 22.4 Å². The maximum absolute atomic E-state index is 11.5. The van der Waals surface area contributed by atoms with E-state index < -0.39 is 0 Å². The average Bonchev–Trinajstić information content (AvgIpc) is 2.49. The lowest BCUT2D eigenvalue weighted by Crippen LogP contribution is -2.48. The smallest absolute Gasteiger partial charge is 0.276 e. The first-order valence-corrected chi connectivity index (χ1v) is 8.50. The van der Waals surface area contributed by atoms with E-state index in [1.54, 1.807) is 36.0 Å². The maximum atomic E-state index is 11.5. The molecule has 1 rings (SSSR count). The fraction of sp³-hybridized carbons (Fsp3) is 0.385. The van der Waals surface area contributed by atoms with Crippen LogP contribution in [0.25, 0.3) is 0 Å². The van der Waals surface area contributed by atoms with Crippen LogP contribution in [0, 0.1) is 0 Å². The first-order chi connectivity index (χ1) is 10.1. The first-order valence-electron chi connectivity index (χ1n) is 6.32. The number of hydrogen-bond acceptors (Lipinski definition) is 4. The number of carbonyl (C=O) groups is 1. The average molecular weight is 348 g/mol. The molecule has 0 saturated heterocycles. The van der Waals surface area contributed by atoms with Gasteiger partial charge in [-0.05, 0) is 54.9 Å². The normalized spacial score (nSPS) is 9.81. The van der Waals surface area contributed by atoms with E-state index >= 15 is 0 Å². The Kier molecular flexibility index (Phi) is 8.96. The van der Waals surface area contributed by atoms with Gasteiger partial charge in [0.1, 0.15) is 5.75 Å². The second-order valence-corrected chi connectivity index (χ2v) is 5.85. The lowest BCUT2D eigenvalue weighted by molar-refractivity contribution is -0.123. The summed E-state index contributed by atoms with van der Waals surface area (Å²) < 4.78 is 5.29. The van der Waals surface area contributed by atoms with E-state index in [1.165, 1.54) is 0 Å². The standard InChI is InChI=1S/C13H18ClN3O2S2/c1-21-8-2-7-15-13(20)17-16-12(18)9-19-11-5-3-10(14)4-6-11/h3-6H,2,7-9H2,1H3,(H,16,18)(H2,15,17,20). The minimum atomic E-state index is -0.321. The molecule has 0 bridgehead atoms. The molecule has 5 nitrogen and oxygen atoms in total. The number of thioether (sulfide) groups is 1. The van der Waals surface area contributed by atoms with E-state index in [9.17, 15) is 4.79 Å². The number of amides is 1. The topological polar surface area (TPSA) is 62.4 Å². The number of benzene rings is 1. The molecule has 0 aromatic heterocycles. The van der Waals surface area contributed by atoms with Crippen molar-refractivity contribution >= 4 is 46.6 Å². The molecule has 0 fully saturated rings. The minimum absolute atomic E-state index is 0.107. The van der Waals surface area contributed by atoms with Crippen molar-refractivity contribution < 1.29 is 9.53 Å². The van der Waals surface area contributed by atoms with Crippen molar-refractivity contribution in [3.8, 4) is 5.75 Å². The maximum Gasteiger partial charge on any atom is 0.276 e. The quantitative estimate of drug-likeness (QED) is 0.398. The lowest BCUT2D eigenvalue weighted by Gasteiger charge is -2.11. The molecular weight excluding hydrogens is 330 g/mol. The van der Waals surface area contributed by atoms with Crippen molar-refractivity contribution in [3.05, 3.63) is 29.3 Å². The molecule has 0 atom stereocenters. The van der Waals surface area contributed by atoms with Gasteiger partial charge >= 0.3 is 0 Å². The SMILES string of the molecule is CSCCCNC(=S)NNC(=O)COc1ccc(Cl)cc1. The summed E-state index contributed by atoms with van der Waals surface area (Å²) in [6.45, 7) is 0.660. The number of hydrazine groups is 1. The van der Waals surface area contributed by atoms with Gasteiger partial charge in [-0.2, -0.15) is 11.8 Å². The van der Waals surface area contributed by atoms with Gasteiger partial charge in [-0.1, -0.05) is 11.6 Å². The van der Waals surface area contributed by atoms with Crippen molar-refractivity contribution in [3.63, 3.8) is 0 Å². The largest absolute Gasteiger partial charge is 0.484 e. The molecule has 0 aliphatic rings. The molecule has 0 heterocycles. The van der Waals surface area contributed by atoms with Crippen LogP contribution in [0.15, 0.2) is 24.3 Å². The number of carbonyl (C=O) groups excluding carboxylic acids is 1. The number of halogens is 1. The van der Waals surface area contributed by atoms with Crippen molar-refractivity contribution in [2.45, 2.75) is 6.42 Å². The van der Waals surface area contributed by atoms with E-state index in [-0.39, 0.29) is 12.5 Å². The Balaban J connectivity index is 2.13. The summed E-state index contributed by atoms with van der Waals surface area (Å²) in [5.41, 5.74) is 5.07. The molecule has 0 saturated carbocycles. The number of rotatable bonds is 7. The van der Waals surface area contributed by atoms with Crippen LogP contribution in [-0.2, 0) is 4.79 Å². The van der Waals surface area contributed by atoms with Gasteiger partial charge in [-0.25, -0.2) is 0 Å². The molecule has 1 amide bonds. The van der Waals surface area contributed by atoms with Gasteiger partial charge in [0.15, 0.2) is 11.7 Å². The van der Waals surface area contributed by atoms with Gasteiger partial charge in [0.05, 0.1) is 0 Å². The molecule has 0 aliphatic carbocycles. The minimum Gasteiger partial charge on any atom is -0.484 e. The molecule has 116 valence electrons. The zero-order valence-electron chi connectivity index (χ0n) is 11.6. The number of ether oxygens (including phenoxy) is 1. The highest BCUT2D eigenvalue weighted by Gasteiger charge is 2.03. The van der Waals surface area contributed by atoms with Crippen LogP contribution in [0.1, 0.15) is 6.42 Å². The second-order valence-electron chi connectivity index (χ2n) is 4.02. The Labute approximate surface area is 139 Å². The number of hydrogen-bond donors (Lipinski definition) is 3. The molecule has 0 unspecified atom stereocenters. The fourth-order valence-electron chi connectivity index (χ4n) is 1.30. The van der Waals surface area contributed by atoms with E-state index in [0.717, 1.165) is 18.7 Å². The Morgan fingerprint density at radius 3 is 2.71 bits per heavy atom. The third-order valence-electron chi connectivity index (χ3n) is 2.31. The van der Waals surface area contributed by atoms with Gasteiger partial charge in [-0.3, -0.25) is 15.6 Å². The van der Waals surface area contributed by atoms with Gasteiger partial charge < -0.3 is 10.1 Å². The Morgan fingerprint density at radius 2 is 2.05 bits per heavy atom. The summed E-state index contributed by atoms with van der Waals surface area (Å²) in [5.74, 6) is 1.32. The van der Waals surface area contributed by atoms with E-state index in [4.69, 9.17) is 28.6 Å². The van der Waals surface area contributed by atoms with Gasteiger partial charge in [0.25, 0.3) is 5.91 Å². The molecule has 0 spiro atoms. The van der Waals surface area contributed by atoms with Gasteiger partial charge in [0.2, 0.25) is 0 Å². The summed E-state index contributed by atoms with van der Waals surface area (Å²) >= 11 is 12.5. The lowest BCUT2D eigenvalue weighted by atomic mass is 10.3. The highest BCUT2D eigenvalue weighted by Crippen LogP contribution is 2.15. The second kappa shape index (κ2) is 10.5. The van der Waals surface area contributed by atoms with Gasteiger partial charge in [0, 0.05) is 11.6 Å². The molecular formula is C13H18ClN3O2S2. The number of nitrogens with one attached hydrogen (secondary N) is 3. The summed E-state index contributed by atoms with van der Waals surface area (Å²) in [6.07, 6.45) is 3.06. The zero-order valence-corrected chi connectivity index (χ0v) is 14.0. The summed E-state index contributed by atoms with van der Waals surface area (Å²) in [6, 6.07) is 6.78. The van der Waals surface area contributed by atoms with Crippen LogP contribution in [0.2, 0.25) is 5.02 Å². The summed E-state index contributed by atoms with van der Waals surface area (Å²) in [4.78, 5) is 11.5. The molecule has 21 heavy (non-hydrogen) atoms. The third-order valence-corrected chi connectivity index (χ3v) is 3.51. The van der Waals surface area contributed by atoms with Crippen LogP contribution in [0.4, 0.5) is 0 Å². The van der Waals surface area contributed by atoms with E-state index in [0.29, 0.717) is 15.9 Å². The molecule has 1 aromatic carbocycles. The van der Waals surface area contributed by atoms with Crippen LogP contribution < -0.4 is 20.9 Å². The predicted octanol–water partition coefficient (Wildman–Crippen LogP) is 1.97. The highest BCUT2D eigenvalue weighted by atomic mass is 35.5. The summed E-state index contributed by atoms with van der Waals surface area (Å²) in [5, 5.41) is 3.99. The molecule has 8 heteroatoms. The monoisotopic (exact) mass is 347 g/mol. The molecule has 0 aliphatic heterocycles. The number of thiocarbonyl (C=S) groups is 1. The molecule has 1 aromatic rings. The van der Waals surface area contributed by atoms with Crippen LogP contribution >= 0.6 is 35.6 Å². The van der Waals surface area contributed by atoms with Crippen LogP contribution in [-0.4, -0.2) is 36.2 Å². The van der Waals surface area contributed by atoms with Crippen molar-refractivity contribution in [2.24, 2.45) is 0 Å². The molecule has 3 N–H and O–H groups in total. The van der Waals surface area contributed by atoms with Crippen molar-refractivity contribution in [2.75, 3.05) is 25.2 Å². The summed E-state index contributed by atoms with van der Waals surface area (Å²) in [7, 11) is 0. The van der Waals surface area contributed by atoms with Crippen LogP contribution in [0.5, 0.6) is 5.75 Å². The van der Waals surface area contributed by atoms with Crippen molar-refractivity contribution in [1.82, 2.24) is 16.2 Å². The highest BCUT2D eigenvalue weighted by molar-refractivity contribution is 7.98. The van der Waals surface area contributed by atoms with E-state index in [1.807, 2.05) is 0 Å². The van der Waals surface area contributed by atoms with Crippen molar-refractivity contribution in [1.29, 1.82) is 0 Å². The zero-order chi connectivity index (χ0) is 15.5. The predicted molar refractivity (Wildman–Crippen MR) is 91.8 cm³/mol.